The van der Waals surface area contributed by atoms with Crippen LogP contribution in [0.3, 0.4) is 0 Å². The maximum atomic E-state index is 12.8. The van der Waals surface area contributed by atoms with Gasteiger partial charge in [0, 0.05) is 19.3 Å². The van der Waals surface area contributed by atoms with Crippen molar-refractivity contribution in [2.24, 2.45) is 0 Å². The highest BCUT2D eigenvalue weighted by atomic mass is 16.6. The average molecular weight is 972 g/mol. The van der Waals surface area contributed by atoms with Gasteiger partial charge in [0.2, 0.25) is 0 Å². The average Bonchev–Trinajstić information content (AvgIpc) is 3.35. The van der Waals surface area contributed by atoms with Gasteiger partial charge in [-0.3, -0.25) is 14.4 Å². The van der Waals surface area contributed by atoms with Crippen LogP contribution in [-0.2, 0) is 28.6 Å². The number of allylic oxidation sites excluding steroid dienone is 4. The standard InChI is InChI=1S/C63H118O6/c1-4-7-10-13-16-19-21-23-25-27-28-29-30-31-32-33-34-36-37-39-41-44-47-50-53-56-62(65)68-59-60(58-67-61(64)55-52-49-46-43-18-15-12-9-6-3)69-63(66)57-54-51-48-45-42-40-38-35-26-24-22-20-17-14-11-8-5-2/h17,20,24,26,60H,4-16,18-19,21-23,25,27-59H2,1-3H3/b20-17-,26-24-. The zero-order valence-corrected chi connectivity index (χ0v) is 46.6. The molecule has 6 heteroatoms. The number of rotatable bonds is 57. The van der Waals surface area contributed by atoms with Crippen LogP contribution in [0.25, 0.3) is 0 Å². The van der Waals surface area contributed by atoms with Crippen LogP contribution in [0.15, 0.2) is 24.3 Å². The van der Waals surface area contributed by atoms with Gasteiger partial charge in [0.25, 0.3) is 0 Å². The highest BCUT2D eigenvalue weighted by molar-refractivity contribution is 5.71. The molecule has 0 aromatic carbocycles. The minimum atomic E-state index is -0.770. The summed E-state index contributed by atoms with van der Waals surface area (Å²) in [6.45, 7) is 6.64. The van der Waals surface area contributed by atoms with Crippen LogP contribution in [0.2, 0.25) is 0 Å². The molecule has 0 aromatic rings. The molecular weight excluding hydrogens is 853 g/mol. The molecule has 6 nitrogen and oxygen atoms in total. The van der Waals surface area contributed by atoms with Crippen LogP contribution in [0.5, 0.6) is 0 Å². The Labute approximate surface area is 430 Å². The lowest BCUT2D eigenvalue weighted by Crippen LogP contribution is -2.30. The molecule has 0 radical (unpaired) electrons. The fraction of sp³-hybridized carbons (Fsp3) is 0.889. The minimum Gasteiger partial charge on any atom is -0.462 e. The molecule has 1 atom stereocenters. The van der Waals surface area contributed by atoms with Gasteiger partial charge in [-0.15, -0.1) is 0 Å². The summed E-state index contributed by atoms with van der Waals surface area (Å²) in [7, 11) is 0. The molecule has 406 valence electrons. The summed E-state index contributed by atoms with van der Waals surface area (Å²) in [6.07, 6.45) is 69.1. The van der Waals surface area contributed by atoms with Crippen LogP contribution in [0.4, 0.5) is 0 Å². The zero-order valence-electron chi connectivity index (χ0n) is 46.6. The molecule has 0 saturated carbocycles. The highest BCUT2D eigenvalue weighted by Gasteiger charge is 2.19. The fourth-order valence-corrected chi connectivity index (χ4v) is 9.30. The Morgan fingerprint density at radius 1 is 0.290 bits per heavy atom. The lowest BCUT2D eigenvalue weighted by molar-refractivity contribution is -0.167. The van der Waals surface area contributed by atoms with E-state index in [2.05, 4.69) is 45.1 Å². The van der Waals surface area contributed by atoms with E-state index in [1.54, 1.807) is 0 Å². The van der Waals surface area contributed by atoms with Crippen LogP contribution in [0, 0.1) is 0 Å². The molecule has 0 aliphatic rings. The van der Waals surface area contributed by atoms with Crippen molar-refractivity contribution < 1.29 is 28.6 Å². The molecule has 0 N–H and O–H groups in total. The quantitative estimate of drug-likeness (QED) is 0.0261. The summed E-state index contributed by atoms with van der Waals surface area (Å²) in [5.41, 5.74) is 0. The molecule has 0 fully saturated rings. The van der Waals surface area contributed by atoms with Gasteiger partial charge in [0.15, 0.2) is 6.10 Å². The smallest absolute Gasteiger partial charge is 0.306 e. The molecule has 0 amide bonds. The lowest BCUT2D eigenvalue weighted by Gasteiger charge is -2.18. The first-order chi connectivity index (χ1) is 34.0. The van der Waals surface area contributed by atoms with Gasteiger partial charge in [-0.05, 0) is 51.4 Å². The maximum Gasteiger partial charge on any atom is 0.306 e. The van der Waals surface area contributed by atoms with Gasteiger partial charge < -0.3 is 14.2 Å². The third kappa shape index (κ3) is 56.7. The molecule has 0 aliphatic carbocycles. The second-order valence-electron chi connectivity index (χ2n) is 21.0. The Morgan fingerprint density at radius 3 is 0.826 bits per heavy atom. The molecule has 69 heavy (non-hydrogen) atoms. The first kappa shape index (κ1) is 66.9. The van der Waals surface area contributed by atoms with Crippen LogP contribution >= 0.6 is 0 Å². The van der Waals surface area contributed by atoms with E-state index in [1.807, 2.05) is 0 Å². The molecule has 0 spiro atoms. The summed E-state index contributed by atoms with van der Waals surface area (Å²) < 4.78 is 16.9. The van der Waals surface area contributed by atoms with Crippen molar-refractivity contribution in [2.45, 2.75) is 348 Å². The molecule has 0 aliphatic heterocycles. The number of hydrogen-bond acceptors (Lipinski definition) is 6. The van der Waals surface area contributed by atoms with E-state index < -0.39 is 6.10 Å². The normalized spacial score (nSPS) is 12.1. The van der Waals surface area contributed by atoms with Crippen LogP contribution < -0.4 is 0 Å². The van der Waals surface area contributed by atoms with Gasteiger partial charge in [-0.2, -0.15) is 0 Å². The second-order valence-corrected chi connectivity index (χ2v) is 21.0. The Kier molecular flexibility index (Phi) is 56.7. The van der Waals surface area contributed by atoms with Gasteiger partial charge >= 0.3 is 17.9 Å². The fourth-order valence-electron chi connectivity index (χ4n) is 9.30. The molecule has 0 saturated heterocycles. The van der Waals surface area contributed by atoms with Gasteiger partial charge in [-0.25, -0.2) is 0 Å². The summed E-state index contributed by atoms with van der Waals surface area (Å²) >= 11 is 0. The van der Waals surface area contributed by atoms with E-state index in [4.69, 9.17) is 14.2 Å². The monoisotopic (exact) mass is 971 g/mol. The van der Waals surface area contributed by atoms with Crippen molar-refractivity contribution in [2.75, 3.05) is 13.2 Å². The predicted octanol–water partition coefficient (Wildman–Crippen LogP) is 20.7. The number of carbonyl (C=O) groups excluding carboxylic acids is 3. The number of esters is 3. The number of hydrogen-bond donors (Lipinski definition) is 0. The third-order valence-corrected chi connectivity index (χ3v) is 14.0. The first-order valence-electron chi connectivity index (χ1n) is 30.8. The maximum absolute atomic E-state index is 12.8. The van der Waals surface area contributed by atoms with Crippen molar-refractivity contribution in [3.05, 3.63) is 24.3 Å². The summed E-state index contributed by atoms with van der Waals surface area (Å²) in [4.78, 5) is 38.1. The number of carbonyl (C=O) groups is 3. The molecule has 0 bridgehead atoms. The lowest BCUT2D eigenvalue weighted by atomic mass is 10.0. The predicted molar refractivity (Wildman–Crippen MR) is 298 cm³/mol. The van der Waals surface area contributed by atoms with Crippen LogP contribution in [0.1, 0.15) is 342 Å². The zero-order chi connectivity index (χ0) is 50.0. The van der Waals surface area contributed by atoms with E-state index in [1.165, 1.54) is 231 Å². The van der Waals surface area contributed by atoms with Crippen molar-refractivity contribution in [1.29, 1.82) is 0 Å². The van der Waals surface area contributed by atoms with Gasteiger partial charge in [0.05, 0.1) is 0 Å². The molecule has 0 rings (SSSR count). The van der Waals surface area contributed by atoms with E-state index in [0.717, 1.165) is 70.6 Å². The van der Waals surface area contributed by atoms with Gasteiger partial charge in [0.1, 0.15) is 13.2 Å². The summed E-state index contributed by atoms with van der Waals surface area (Å²) in [5, 5.41) is 0. The molecule has 0 aromatic heterocycles. The third-order valence-electron chi connectivity index (χ3n) is 14.0. The molecule has 1 unspecified atom stereocenters. The van der Waals surface area contributed by atoms with Crippen molar-refractivity contribution in [3.63, 3.8) is 0 Å². The Hall–Kier alpha value is -2.11. The highest BCUT2D eigenvalue weighted by Crippen LogP contribution is 2.18. The second kappa shape index (κ2) is 58.5. The van der Waals surface area contributed by atoms with E-state index in [0.29, 0.717) is 19.3 Å². The van der Waals surface area contributed by atoms with E-state index >= 15 is 0 Å². The van der Waals surface area contributed by atoms with Gasteiger partial charge in [-0.1, -0.05) is 295 Å². The minimum absolute atomic E-state index is 0.0692. The first-order valence-corrected chi connectivity index (χ1v) is 30.8. The largest absolute Gasteiger partial charge is 0.462 e. The topological polar surface area (TPSA) is 78.9 Å². The Balaban J connectivity index is 4.14. The number of ether oxygens (including phenoxy) is 3. The van der Waals surface area contributed by atoms with Crippen LogP contribution in [-0.4, -0.2) is 37.2 Å². The van der Waals surface area contributed by atoms with Crippen molar-refractivity contribution in [3.8, 4) is 0 Å². The SMILES string of the molecule is CCCCC/C=C\C/C=C\CCCCCCCCCC(=O)OC(COC(=O)CCCCCCCCCCC)COC(=O)CCCCCCCCCCCCCCCCCCCCCCCCCCC. The summed E-state index contributed by atoms with van der Waals surface area (Å²) in [6, 6.07) is 0. The Morgan fingerprint density at radius 2 is 0.522 bits per heavy atom. The van der Waals surface area contributed by atoms with E-state index in [-0.39, 0.29) is 31.1 Å². The summed E-state index contributed by atoms with van der Waals surface area (Å²) in [5.74, 6) is -0.858. The van der Waals surface area contributed by atoms with Crippen molar-refractivity contribution >= 4 is 17.9 Å². The molecule has 0 heterocycles. The van der Waals surface area contributed by atoms with Crippen molar-refractivity contribution in [1.82, 2.24) is 0 Å². The molecular formula is C63H118O6. The Bertz CT molecular complexity index is 1110. The number of unbranched alkanes of at least 4 members (excludes halogenated alkanes) is 42. The van der Waals surface area contributed by atoms with E-state index in [9.17, 15) is 14.4 Å².